The van der Waals surface area contributed by atoms with Gasteiger partial charge >= 0.3 is 0 Å². The van der Waals surface area contributed by atoms with E-state index in [0.717, 1.165) is 18.4 Å². The van der Waals surface area contributed by atoms with Crippen molar-refractivity contribution in [2.75, 3.05) is 11.6 Å². The first-order valence-corrected chi connectivity index (χ1v) is 9.42. The average Bonchev–Trinajstić information content (AvgIpc) is 3.23. The summed E-state index contributed by atoms with van der Waals surface area (Å²) >= 11 is 1.25. The number of amides is 1. The van der Waals surface area contributed by atoms with Crippen LogP contribution in [0.1, 0.15) is 24.4 Å². The predicted molar refractivity (Wildman–Crippen MR) is 98.6 cm³/mol. The molecule has 1 aromatic carbocycles. The maximum absolute atomic E-state index is 12.4. The van der Waals surface area contributed by atoms with Crippen LogP contribution in [-0.2, 0) is 4.79 Å². The van der Waals surface area contributed by atoms with Gasteiger partial charge in [-0.15, -0.1) is 10.2 Å². The molecule has 1 aliphatic rings. The van der Waals surface area contributed by atoms with E-state index < -0.39 is 0 Å². The Morgan fingerprint density at radius 3 is 2.77 bits per heavy atom. The van der Waals surface area contributed by atoms with E-state index in [9.17, 15) is 4.79 Å². The molecule has 0 bridgehead atoms. The molecule has 1 saturated carbocycles. The number of hydrogen-bond donors (Lipinski definition) is 2. The number of thioether (sulfide) groups is 1. The first kappa shape index (κ1) is 16.7. The van der Waals surface area contributed by atoms with E-state index in [0.29, 0.717) is 22.7 Å². The van der Waals surface area contributed by atoms with Crippen molar-refractivity contribution in [3.8, 4) is 11.6 Å². The lowest BCUT2D eigenvalue weighted by molar-refractivity contribution is -0.119. The van der Waals surface area contributed by atoms with Gasteiger partial charge in [-0.05, 0) is 36.5 Å². The molecule has 1 unspecified atom stereocenters. The van der Waals surface area contributed by atoms with Crippen molar-refractivity contribution >= 4 is 17.7 Å². The number of rotatable bonds is 7. The van der Waals surface area contributed by atoms with E-state index in [4.69, 9.17) is 10.3 Å². The summed E-state index contributed by atoms with van der Waals surface area (Å²) in [6.07, 6.45) is 3.85. The molecule has 1 aliphatic carbocycles. The summed E-state index contributed by atoms with van der Waals surface area (Å²) in [5.74, 6) is 7.68. The Bertz CT molecular complexity index is 874. The first-order chi connectivity index (χ1) is 12.7. The molecule has 8 heteroatoms. The van der Waals surface area contributed by atoms with Crippen molar-refractivity contribution in [3.63, 3.8) is 0 Å². The minimum absolute atomic E-state index is 0.0432. The number of carbonyl (C=O) groups excluding carboxylic acids is 1. The molecule has 0 aliphatic heterocycles. The van der Waals surface area contributed by atoms with Gasteiger partial charge in [-0.3, -0.25) is 4.79 Å². The molecule has 7 nitrogen and oxygen atoms in total. The van der Waals surface area contributed by atoms with E-state index in [1.165, 1.54) is 16.4 Å². The van der Waals surface area contributed by atoms with Crippen LogP contribution < -0.4 is 11.2 Å². The molecule has 1 fully saturated rings. The van der Waals surface area contributed by atoms with Crippen LogP contribution in [0.2, 0.25) is 0 Å². The standard InChI is InChI=1S/C18H19N5O2S/c19-23-17(14-7-4-10-25-14)21-22-18(23)26-11-15(24)20-16(13-8-9-13)12-5-2-1-3-6-12/h1-7,10,13,16H,8-9,11,19H2,(H,20,24). The van der Waals surface area contributed by atoms with Gasteiger partial charge in [0.1, 0.15) is 0 Å². The van der Waals surface area contributed by atoms with Gasteiger partial charge in [0, 0.05) is 0 Å². The van der Waals surface area contributed by atoms with Crippen molar-refractivity contribution in [2.24, 2.45) is 5.92 Å². The Hall–Kier alpha value is -2.74. The zero-order valence-corrected chi connectivity index (χ0v) is 14.9. The zero-order chi connectivity index (χ0) is 17.9. The maximum Gasteiger partial charge on any atom is 0.230 e. The highest BCUT2D eigenvalue weighted by Crippen LogP contribution is 2.41. The second-order valence-electron chi connectivity index (χ2n) is 6.24. The van der Waals surface area contributed by atoms with Gasteiger partial charge in [0.15, 0.2) is 5.76 Å². The van der Waals surface area contributed by atoms with E-state index in [2.05, 4.69) is 27.6 Å². The van der Waals surface area contributed by atoms with Gasteiger partial charge in [0.05, 0.1) is 18.1 Å². The molecule has 0 saturated heterocycles. The fourth-order valence-corrected chi connectivity index (χ4v) is 3.53. The van der Waals surface area contributed by atoms with Gasteiger partial charge in [-0.25, -0.2) is 4.68 Å². The lowest BCUT2D eigenvalue weighted by Crippen LogP contribution is -2.31. The highest BCUT2D eigenvalue weighted by molar-refractivity contribution is 7.99. The molecule has 4 rings (SSSR count). The minimum atomic E-state index is -0.0432. The maximum atomic E-state index is 12.4. The third-order valence-corrected chi connectivity index (χ3v) is 5.25. The lowest BCUT2D eigenvalue weighted by Gasteiger charge is -2.18. The minimum Gasteiger partial charge on any atom is -0.461 e. The van der Waals surface area contributed by atoms with E-state index in [1.54, 1.807) is 18.4 Å². The molecule has 26 heavy (non-hydrogen) atoms. The Kier molecular flexibility index (Phi) is 4.66. The van der Waals surface area contributed by atoms with Crippen LogP contribution in [-0.4, -0.2) is 26.5 Å². The van der Waals surface area contributed by atoms with E-state index in [1.807, 2.05) is 18.2 Å². The van der Waals surface area contributed by atoms with Crippen LogP contribution in [0.15, 0.2) is 58.3 Å². The highest BCUT2D eigenvalue weighted by Gasteiger charge is 2.33. The quantitative estimate of drug-likeness (QED) is 0.491. The second kappa shape index (κ2) is 7.25. The fourth-order valence-electron chi connectivity index (χ4n) is 2.86. The zero-order valence-electron chi connectivity index (χ0n) is 14.0. The molecule has 2 heterocycles. The fraction of sp³-hybridized carbons (Fsp3) is 0.278. The summed E-state index contributed by atoms with van der Waals surface area (Å²) in [6.45, 7) is 0. The number of benzene rings is 1. The molecule has 0 spiro atoms. The largest absolute Gasteiger partial charge is 0.461 e. The number of furan rings is 1. The highest BCUT2D eigenvalue weighted by atomic mass is 32.2. The Labute approximate surface area is 154 Å². The monoisotopic (exact) mass is 369 g/mol. The number of aromatic nitrogens is 3. The van der Waals surface area contributed by atoms with Crippen molar-refractivity contribution in [3.05, 3.63) is 54.3 Å². The number of nitrogens with one attached hydrogen (secondary N) is 1. The van der Waals surface area contributed by atoms with Crippen LogP contribution in [0, 0.1) is 5.92 Å². The smallest absolute Gasteiger partial charge is 0.230 e. The Morgan fingerprint density at radius 1 is 1.27 bits per heavy atom. The average molecular weight is 369 g/mol. The number of hydrogen-bond acceptors (Lipinski definition) is 6. The topological polar surface area (TPSA) is 99.0 Å². The third kappa shape index (κ3) is 3.60. The molecule has 1 amide bonds. The van der Waals surface area contributed by atoms with Crippen LogP contribution in [0.3, 0.4) is 0 Å². The Morgan fingerprint density at radius 2 is 2.08 bits per heavy atom. The molecule has 0 radical (unpaired) electrons. The number of carbonyl (C=O) groups is 1. The third-order valence-electron chi connectivity index (χ3n) is 4.31. The summed E-state index contributed by atoms with van der Waals surface area (Å²) in [7, 11) is 0. The number of nitrogens with two attached hydrogens (primary N) is 1. The molecule has 1 atom stereocenters. The molecular formula is C18H19N5O2S. The van der Waals surface area contributed by atoms with Crippen molar-refractivity contribution in [2.45, 2.75) is 24.0 Å². The van der Waals surface area contributed by atoms with Crippen LogP contribution in [0.25, 0.3) is 11.6 Å². The molecular weight excluding hydrogens is 350 g/mol. The summed E-state index contributed by atoms with van der Waals surface area (Å²) in [5.41, 5.74) is 1.15. The normalized spacial score (nSPS) is 14.9. The van der Waals surface area contributed by atoms with E-state index in [-0.39, 0.29) is 17.7 Å². The predicted octanol–water partition coefficient (Wildman–Crippen LogP) is 2.61. The summed E-state index contributed by atoms with van der Waals surface area (Å²) < 4.78 is 6.62. The van der Waals surface area contributed by atoms with Gasteiger partial charge in [-0.1, -0.05) is 42.1 Å². The van der Waals surface area contributed by atoms with E-state index >= 15 is 0 Å². The van der Waals surface area contributed by atoms with Crippen molar-refractivity contribution in [1.29, 1.82) is 0 Å². The summed E-state index contributed by atoms with van der Waals surface area (Å²) in [4.78, 5) is 12.4. The molecule has 2 aromatic heterocycles. The van der Waals surface area contributed by atoms with Gasteiger partial charge in [-0.2, -0.15) is 0 Å². The van der Waals surface area contributed by atoms with Crippen molar-refractivity contribution in [1.82, 2.24) is 20.2 Å². The second-order valence-corrected chi connectivity index (χ2v) is 7.18. The molecule has 134 valence electrons. The van der Waals surface area contributed by atoms with Gasteiger partial charge in [0.25, 0.3) is 0 Å². The molecule has 3 N–H and O–H groups in total. The van der Waals surface area contributed by atoms with Crippen LogP contribution in [0.5, 0.6) is 0 Å². The van der Waals surface area contributed by atoms with Gasteiger partial charge < -0.3 is 15.6 Å². The van der Waals surface area contributed by atoms with Crippen molar-refractivity contribution < 1.29 is 9.21 Å². The molecule has 3 aromatic rings. The van der Waals surface area contributed by atoms with Crippen LogP contribution in [0.4, 0.5) is 0 Å². The van der Waals surface area contributed by atoms with Crippen LogP contribution >= 0.6 is 11.8 Å². The SMILES string of the molecule is Nn1c(SCC(=O)NC(c2ccccc2)C2CC2)nnc1-c1ccco1. The summed E-state index contributed by atoms with van der Waals surface area (Å²) in [6, 6.07) is 13.7. The number of nitrogen functional groups attached to an aromatic ring is 1. The Balaban J connectivity index is 1.38. The lowest BCUT2D eigenvalue weighted by atomic mass is 10.0. The summed E-state index contributed by atoms with van der Waals surface area (Å²) in [5, 5.41) is 11.7. The number of nitrogens with zero attached hydrogens (tertiary/aromatic N) is 3. The first-order valence-electron chi connectivity index (χ1n) is 8.44. The van der Waals surface area contributed by atoms with Gasteiger partial charge in [0.2, 0.25) is 16.9 Å².